The number of carbonyl (C=O) groups is 1. The molecule has 0 bridgehead atoms. The van der Waals surface area contributed by atoms with Crippen LogP contribution in [0, 0.1) is 0 Å². The van der Waals surface area contributed by atoms with Gasteiger partial charge in [-0.1, -0.05) is 12.1 Å². The van der Waals surface area contributed by atoms with Crippen LogP contribution in [0.5, 0.6) is 17.4 Å². The van der Waals surface area contributed by atoms with Gasteiger partial charge < -0.3 is 22.2 Å². The predicted molar refractivity (Wildman–Crippen MR) is 130 cm³/mol. The van der Waals surface area contributed by atoms with Crippen molar-refractivity contribution in [3.8, 4) is 23.1 Å². The summed E-state index contributed by atoms with van der Waals surface area (Å²) >= 11 is 0. The molecule has 3 rings (SSSR count). The average molecular weight is 535 g/mol. The van der Waals surface area contributed by atoms with Crippen molar-refractivity contribution in [2.45, 2.75) is 45.4 Å². The maximum Gasteiger partial charge on any atom is 2.00 e. The van der Waals surface area contributed by atoms with Gasteiger partial charge in [0, 0.05) is 17.8 Å². The van der Waals surface area contributed by atoms with Crippen molar-refractivity contribution in [3.63, 3.8) is 0 Å². The maximum absolute atomic E-state index is 13.1. The third-order valence-corrected chi connectivity index (χ3v) is 5.02. The molecule has 0 unspecified atom stereocenters. The Morgan fingerprint density at radius 3 is 2.44 bits per heavy atom. The fourth-order valence-electron chi connectivity index (χ4n) is 3.20. The van der Waals surface area contributed by atoms with Gasteiger partial charge in [-0.05, 0) is 63.9 Å². The first-order chi connectivity index (χ1) is 16.5. The molecule has 2 aromatic carbocycles. The number of ether oxygens (including phenoxy) is 3. The molecule has 1 aromatic heterocycles. The Balaban J connectivity index is 0.00000456. The first-order valence-corrected chi connectivity index (χ1v) is 11.0. The van der Waals surface area contributed by atoms with E-state index in [1.165, 1.54) is 24.6 Å². The number of carboxylic acids is 1. The molecule has 192 valence electrons. The van der Waals surface area contributed by atoms with E-state index < -0.39 is 23.3 Å². The Bertz CT molecular complexity index is 1180. The van der Waals surface area contributed by atoms with Crippen LogP contribution >= 0.6 is 0 Å². The molecule has 7 nitrogen and oxygen atoms in total. The van der Waals surface area contributed by atoms with E-state index in [0.717, 1.165) is 17.7 Å². The van der Waals surface area contributed by atoms with Crippen molar-refractivity contribution >= 4 is 43.7 Å². The minimum atomic E-state index is -4.45. The average Bonchev–Trinajstić information content (AvgIpc) is 3.19. The number of aryl methyl sites for hydroxylation is 1. The number of benzene rings is 2. The molecule has 0 amide bonds. The van der Waals surface area contributed by atoms with E-state index in [4.69, 9.17) is 14.2 Å². The van der Waals surface area contributed by atoms with E-state index in [2.05, 4.69) is 5.10 Å². The second kappa shape index (κ2) is 12.7. The van der Waals surface area contributed by atoms with Gasteiger partial charge in [0.1, 0.15) is 11.5 Å². The molecule has 1 heterocycles. The zero-order chi connectivity index (χ0) is 25.6. The summed E-state index contributed by atoms with van der Waals surface area (Å²) in [5.41, 5.74) is -1.11. The predicted octanol–water partition coefficient (Wildman–Crippen LogP) is 5.39. The molecule has 1 N–H and O–H groups in total. The minimum Gasteiger partial charge on any atom is -1.00 e. The van der Waals surface area contributed by atoms with Gasteiger partial charge in [-0.3, -0.25) is 0 Å². The van der Waals surface area contributed by atoms with Crippen LogP contribution in [0.4, 0.5) is 13.2 Å². The first-order valence-electron chi connectivity index (χ1n) is 11.0. The van der Waals surface area contributed by atoms with Crippen LogP contribution in [0.25, 0.3) is 5.69 Å². The van der Waals surface area contributed by atoms with Gasteiger partial charge in [-0.2, -0.15) is 13.2 Å². The van der Waals surface area contributed by atoms with Gasteiger partial charge in [0.2, 0.25) is 5.88 Å². The molecule has 11 heteroatoms. The van der Waals surface area contributed by atoms with Crippen LogP contribution < -0.4 is 14.2 Å². The summed E-state index contributed by atoms with van der Waals surface area (Å²) in [5, 5.41) is 13.5. The summed E-state index contributed by atoms with van der Waals surface area (Å²) in [5.74, 6) is 0.167. The number of aliphatic carboxylic acids is 1. The molecule has 0 atom stereocenters. The Morgan fingerprint density at radius 1 is 1.08 bits per heavy atom. The molecule has 36 heavy (non-hydrogen) atoms. The van der Waals surface area contributed by atoms with Crippen LogP contribution in [0.15, 0.2) is 54.7 Å². The summed E-state index contributed by atoms with van der Waals surface area (Å²) in [6.07, 6.45) is -1.68. The van der Waals surface area contributed by atoms with Gasteiger partial charge in [0.15, 0.2) is 5.60 Å². The summed E-state index contributed by atoms with van der Waals surface area (Å²) in [4.78, 5) is 11.3. The van der Waals surface area contributed by atoms with E-state index >= 15 is 0 Å². The van der Waals surface area contributed by atoms with Gasteiger partial charge in [-0.15, -0.1) is 5.10 Å². The van der Waals surface area contributed by atoms with Crippen LogP contribution in [-0.4, -0.2) is 77.4 Å². The van der Waals surface area contributed by atoms with E-state index in [1.54, 1.807) is 43.5 Å². The van der Waals surface area contributed by atoms with Crippen molar-refractivity contribution in [2.24, 2.45) is 0 Å². The van der Waals surface area contributed by atoms with Crippen molar-refractivity contribution < 1.29 is 40.1 Å². The third-order valence-electron chi connectivity index (χ3n) is 5.02. The molecule has 3 aromatic rings. The van der Waals surface area contributed by atoms with Crippen molar-refractivity contribution in [1.82, 2.24) is 9.78 Å². The molecule has 0 radical (unpaired) electrons. The number of rotatable bonds is 11. The van der Waals surface area contributed by atoms with Crippen LogP contribution in [-0.2, 0) is 17.4 Å². The smallest absolute Gasteiger partial charge is 1.00 e. The Morgan fingerprint density at radius 2 is 1.78 bits per heavy atom. The van der Waals surface area contributed by atoms with Gasteiger partial charge in [0.05, 0.1) is 24.5 Å². The summed E-state index contributed by atoms with van der Waals surface area (Å²) in [7, 11) is 0. The second-order valence-electron chi connectivity index (χ2n) is 8.23. The number of alkyl halides is 3. The minimum absolute atomic E-state index is 0. The molecule has 0 spiro atoms. The van der Waals surface area contributed by atoms with Crippen molar-refractivity contribution in [1.29, 1.82) is 0 Å². The number of aromatic nitrogens is 2. The zero-order valence-corrected chi connectivity index (χ0v) is 22.5. The van der Waals surface area contributed by atoms with E-state index in [9.17, 15) is 23.1 Å². The summed E-state index contributed by atoms with van der Waals surface area (Å²) < 4.78 is 57.5. The third kappa shape index (κ3) is 8.04. The quantitative estimate of drug-likeness (QED) is 0.263. The Hall–Kier alpha value is -2.43. The molecular formula is C25H29CaF3N2O5. The number of hydrogen-bond acceptors (Lipinski definition) is 5. The van der Waals surface area contributed by atoms with Gasteiger partial charge in [-0.25, -0.2) is 9.48 Å². The van der Waals surface area contributed by atoms with E-state index in [-0.39, 0.29) is 46.3 Å². The van der Waals surface area contributed by atoms with Crippen LogP contribution in [0.2, 0.25) is 0 Å². The summed E-state index contributed by atoms with van der Waals surface area (Å²) in [6, 6.07) is 11.6. The van der Waals surface area contributed by atoms with Crippen molar-refractivity contribution in [2.75, 3.05) is 13.2 Å². The van der Waals surface area contributed by atoms with E-state index in [1.807, 2.05) is 0 Å². The molecule has 0 saturated carbocycles. The molecule has 0 aliphatic rings. The molecule has 0 aliphatic heterocycles. The fourth-order valence-corrected chi connectivity index (χ4v) is 3.20. The Labute approximate surface area is 240 Å². The standard InChI is InChI=1S/C25H27F3N2O5.Ca.2H/c1-4-33-22-17(16-30(29-22)19-10-5-9-18(14-19)25(26,27)28)8-7-13-34-20-11-6-12-21(15-20)35-24(2,3)23(31)32;;;/h5-6,9-12,14-16H,4,7-8,13H2,1-3H3,(H,31,32);;;/q;+2;2*-1. The number of nitrogens with zero attached hydrogens (tertiary/aromatic N) is 2. The normalized spacial score (nSPS) is 11.5. The second-order valence-corrected chi connectivity index (χ2v) is 8.23. The zero-order valence-electron chi connectivity index (χ0n) is 22.3. The monoisotopic (exact) mass is 534 g/mol. The molecule has 0 aliphatic carbocycles. The van der Waals surface area contributed by atoms with E-state index in [0.29, 0.717) is 43.4 Å². The number of halogens is 3. The maximum atomic E-state index is 13.1. The molecular weight excluding hydrogens is 505 g/mol. The van der Waals surface area contributed by atoms with Crippen LogP contribution in [0.3, 0.4) is 0 Å². The summed E-state index contributed by atoms with van der Waals surface area (Å²) in [6.45, 7) is 5.42. The first kappa shape index (κ1) is 29.8. The fraction of sp³-hybridized carbons (Fsp3) is 0.360. The number of hydrogen-bond donors (Lipinski definition) is 1. The van der Waals surface area contributed by atoms with Crippen molar-refractivity contribution in [3.05, 3.63) is 65.9 Å². The van der Waals surface area contributed by atoms with Gasteiger partial charge in [0.25, 0.3) is 0 Å². The van der Waals surface area contributed by atoms with Crippen LogP contribution in [0.1, 0.15) is 41.2 Å². The molecule has 0 saturated heterocycles. The topological polar surface area (TPSA) is 82.8 Å². The SMILES string of the molecule is CCOc1nn(-c2cccc(C(F)(F)F)c2)cc1CCCOc1cccc(OC(C)(C)C(=O)O)c1.[Ca+2].[H-].[H-]. The van der Waals surface area contributed by atoms with Gasteiger partial charge >= 0.3 is 49.9 Å². The number of carboxylic acid groups (broad SMARTS) is 1. The Kier molecular flexibility index (Phi) is 10.5. The largest absolute Gasteiger partial charge is 2.00 e. The molecule has 0 fully saturated rings.